The number of thiophene rings is 1. The van der Waals surface area contributed by atoms with Crippen molar-refractivity contribution >= 4 is 56.5 Å². The number of nitrogens with one attached hydrogen (secondary N) is 1. The zero-order valence-corrected chi connectivity index (χ0v) is 17.4. The van der Waals surface area contributed by atoms with Gasteiger partial charge < -0.3 is 19.8 Å². The number of fused-ring (bicyclic) bond motifs is 1. The zero-order valence-electron chi connectivity index (χ0n) is 14.1. The summed E-state index contributed by atoms with van der Waals surface area (Å²) in [4.78, 5) is 29.6. The summed E-state index contributed by atoms with van der Waals surface area (Å²) in [5, 5.41) is 2.93. The van der Waals surface area contributed by atoms with E-state index >= 15 is 0 Å². The molecule has 0 aliphatic carbocycles. The maximum Gasteiger partial charge on any atom is 0.400 e. The smallest absolute Gasteiger partial charge is 0.400 e. The van der Waals surface area contributed by atoms with Gasteiger partial charge in [0.05, 0.1) is 7.11 Å². The zero-order chi connectivity index (χ0) is 20.7. The molecular formula is C17H13BrF2NO5PS. The van der Waals surface area contributed by atoms with Crippen LogP contribution in [0.5, 0.6) is 5.75 Å². The number of halogens is 3. The Morgan fingerprint density at radius 3 is 2.61 bits per heavy atom. The van der Waals surface area contributed by atoms with Crippen LogP contribution in [0.3, 0.4) is 0 Å². The lowest BCUT2D eigenvalue weighted by atomic mass is 10.1. The van der Waals surface area contributed by atoms with Gasteiger partial charge in [0, 0.05) is 31.9 Å². The fourth-order valence-electron chi connectivity index (χ4n) is 2.44. The third-order valence-electron chi connectivity index (χ3n) is 3.86. The minimum Gasteiger partial charge on any atom is -0.497 e. The molecule has 1 amide bonds. The quantitative estimate of drug-likeness (QED) is 0.429. The molecule has 148 valence electrons. The first-order valence-electron chi connectivity index (χ1n) is 7.66. The summed E-state index contributed by atoms with van der Waals surface area (Å²) in [6.45, 7) is 0. The molecule has 0 radical (unpaired) electrons. The standard InChI is InChI=1S/C17H13BrF2NO5PS/c1-26-11-4-2-3-10(8-11)21-16(22)9-5-6-13-12(7-9)14(18)15(28-13)17(19,20)27(23,24)25/h2-8H,1H3,(H,21,22)(H2,23,24,25). The van der Waals surface area contributed by atoms with Crippen LogP contribution in [0.2, 0.25) is 0 Å². The molecule has 28 heavy (non-hydrogen) atoms. The first-order valence-corrected chi connectivity index (χ1v) is 10.9. The van der Waals surface area contributed by atoms with Gasteiger partial charge in [0.2, 0.25) is 0 Å². The van der Waals surface area contributed by atoms with Gasteiger partial charge in [-0.25, -0.2) is 0 Å². The topological polar surface area (TPSA) is 95.9 Å². The molecule has 0 saturated carbocycles. The SMILES string of the molecule is COc1cccc(NC(=O)c2ccc3sc(C(F)(F)P(=O)(O)O)c(Br)c3c2)c1. The van der Waals surface area contributed by atoms with Gasteiger partial charge >= 0.3 is 13.3 Å². The number of alkyl halides is 2. The number of ether oxygens (including phenoxy) is 1. The molecule has 0 unspecified atom stereocenters. The van der Waals surface area contributed by atoms with Crippen LogP contribution in [0, 0.1) is 0 Å². The fourth-order valence-corrected chi connectivity index (χ4v) is 5.36. The molecule has 3 rings (SSSR count). The number of hydrogen-bond acceptors (Lipinski definition) is 4. The van der Waals surface area contributed by atoms with Crippen molar-refractivity contribution in [2.75, 3.05) is 12.4 Å². The van der Waals surface area contributed by atoms with Gasteiger partial charge in [-0.3, -0.25) is 9.36 Å². The van der Waals surface area contributed by atoms with Gasteiger partial charge in [-0.15, -0.1) is 11.3 Å². The van der Waals surface area contributed by atoms with Gasteiger partial charge in [0.1, 0.15) is 10.6 Å². The number of amides is 1. The maximum absolute atomic E-state index is 14.1. The van der Waals surface area contributed by atoms with Crippen LogP contribution in [0.15, 0.2) is 46.9 Å². The van der Waals surface area contributed by atoms with Crippen molar-refractivity contribution in [1.82, 2.24) is 0 Å². The van der Waals surface area contributed by atoms with Gasteiger partial charge in [-0.05, 0) is 46.3 Å². The van der Waals surface area contributed by atoms with Crippen LogP contribution in [0.4, 0.5) is 14.5 Å². The molecule has 0 fully saturated rings. The van der Waals surface area contributed by atoms with Crippen molar-refractivity contribution in [3.8, 4) is 5.75 Å². The summed E-state index contributed by atoms with van der Waals surface area (Å²) in [6, 6.07) is 11.0. The number of benzene rings is 2. The van der Waals surface area contributed by atoms with Crippen molar-refractivity contribution in [2.45, 2.75) is 5.66 Å². The number of carbonyl (C=O) groups is 1. The molecule has 0 saturated heterocycles. The molecule has 2 aromatic carbocycles. The van der Waals surface area contributed by atoms with Crippen LogP contribution < -0.4 is 10.1 Å². The summed E-state index contributed by atoms with van der Waals surface area (Å²) >= 11 is 3.54. The van der Waals surface area contributed by atoms with E-state index in [4.69, 9.17) is 14.5 Å². The number of anilines is 1. The van der Waals surface area contributed by atoms with Crippen molar-refractivity contribution in [2.24, 2.45) is 0 Å². The Hall–Kier alpha value is -1.84. The average molecular weight is 492 g/mol. The lowest BCUT2D eigenvalue weighted by Gasteiger charge is -2.16. The monoisotopic (exact) mass is 491 g/mol. The van der Waals surface area contributed by atoms with E-state index in [1.807, 2.05) is 0 Å². The van der Waals surface area contributed by atoms with E-state index < -0.39 is 24.0 Å². The molecule has 0 atom stereocenters. The Morgan fingerprint density at radius 2 is 1.96 bits per heavy atom. The van der Waals surface area contributed by atoms with Crippen LogP contribution in [0.25, 0.3) is 10.1 Å². The Balaban J connectivity index is 1.97. The molecular weight excluding hydrogens is 479 g/mol. The molecule has 0 bridgehead atoms. The predicted octanol–water partition coefficient (Wildman–Crippen LogP) is 5.15. The van der Waals surface area contributed by atoms with E-state index in [0.717, 1.165) is 0 Å². The van der Waals surface area contributed by atoms with Crippen molar-refractivity contribution in [3.63, 3.8) is 0 Å². The van der Waals surface area contributed by atoms with Gasteiger partial charge in [-0.1, -0.05) is 6.07 Å². The third-order valence-corrected chi connectivity index (χ3v) is 7.29. The van der Waals surface area contributed by atoms with Crippen molar-refractivity contribution < 1.29 is 32.7 Å². The van der Waals surface area contributed by atoms with E-state index in [2.05, 4.69) is 21.2 Å². The molecule has 0 aliphatic rings. The van der Waals surface area contributed by atoms with Crippen molar-refractivity contribution in [1.29, 1.82) is 0 Å². The largest absolute Gasteiger partial charge is 0.497 e. The van der Waals surface area contributed by atoms with Crippen LogP contribution in [0.1, 0.15) is 15.2 Å². The predicted molar refractivity (Wildman–Crippen MR) is 106 cm³/mol. The maximum atomic E-state index is 14.1. The van der Waals surface area contributed by atoms with E-state index in [1.165, 1.54) is 25.3 Å². The second-order valence-corrected chi connectivity index (χ2v) is 9.22. The second kappa shape index (κ2) is 7.53. The van der Waals surface area contributed by atoms with Crippen LogP contribution >= 0.6 is 34.9 Å². The fraction of sp³-hybridized carbons (Fsp3) is 0.118. The Morgan fingerprint density at radius 1 is 1.25 bits per heavy atom. The molecule has 0 aliphatic heterocycles. The highest BCUT2D eigenvalue weighted by Crippen LogP contribution is 2.62. The number of rotatable bonds is 5. The van der Waals surface area contributed by atoms with Crippen LogP contribution in [-0.4, -0.2) is 22.8 Å². The van der Waals surface area contributed by atoms with E-state index in [0.29, 0.717) is 27.5 Å². The average Bonchev–Trinajstić information content (AvgIpc) is 2.97. The molecule has 6 nitrogen and oxygen atoms in total. The lowest BCUT2D eigenvalue weighted by molar-refractivity contribution is 0.0595. The normalized spacial score (nSPS) is 12.2. The van der Waals surface area contributed by atoms with E-state index in [-0.39, 0.29) is 15.4 Å². The highest BCUT2D eigenvalue weighted by Gasteiger charge is 2.53. The lowest BCUT2D eigenvalue weighted by Crippen LogP contribution is -2.12. The Kier molecular flexibility index (Phi) is 5.62. The summed E-state index contributed by atoms with van der Waals surface area (Å²) < 4.78 is 44.7. The molecule has 1 aromatic heterocycles. The highest BCUT2D eigenvalue weighted by atomic mass is 79.9. The third kappa shape index (κ3) is 3.83. The second-order valence-electron chi connectivity index (χ2n) is 5.73. The molecule has 3 N–H and O–H groups in total. The van der Waals surface area contributed by atoms with Crippen LogP contribution in [-0.2, 0) is 10.2 Å². The van der Waals surface area contributed by atoms with Gasteiger partial charge in [-0.2, -0.15) is 8.78 Å². The first kappa shape index (κ1) is 20.9. The van der Waals surface area contributed by atoms with Crippen molar-refractivity contribution in [3.05, 3.63) is 57.4 Å². The van der Waals surface area contributed by atoms with Gasteiger partial charge in [0.25, 0.3) is 5.91 Å². The Labute approximate surface area is 170 Å². The number of carbonyl (C=O) groups excluding carboxylic acids is 1. The Bertz CT molecular complexity index is 1110. The minimum absolute atomic E-state index is 0.156. The summed E-state index contributed by atoms with van der Waals surface area (Å²) in [5.74, 6) is 0.0784. The molecule has 11 heteroatoms. The summed E-state index contributed by atoms with van der Waals surface area (Å²) in [7, 11) is -4.21. The molecule has 3 aromatic rings. The number of hydrogen-bond donors (Lipinski definition) is 3. The minimum atomic E-state index is -5.70. The highest BCUT2D eigenvalue weighted by molar-refractivity contribution is 9.10. The summed E-state index contributed by atoms with van der Waals surface area (Å²) in [5.41, 5.74) is -3.65. The van der Waals surface area contributed by atoms with E-state index in [1.54, 1.807) is 24.3 Å². The first-order chi connectivity index (χ1) is 13.0. The molecule has 0 spiro atoms. The van der Waals surface area contributed by atoms with Gasteiger partial charge in [0.15, 0.2) is 0 Å². The summed E-state index contributed by atoms with van der Waals surface area (Å²) in [6.07, 6.45) is 0. The van der Waals surface area contributed by atoms with E-state index in [9.17, 15) is 18.1 Å². The number of methoxy groups -OCH3 is 1. The molecule has 1 heterocycles.